The Kier molecular flexibility index (Phi) is 6.96. The zero-order valence-electron chi connectivity index (χ0n) is 12.6. The van der Waals surface area contributed by atoms with Gasteiger partial charge in [-0.2, -0.15) is 0 Å². The quantitative estimate of drug-likeness (QED) is 0.687. The molecule has 4 heteroatoms. The predicted molar refractivity (Wildman–Crippen MR) is 72.2 cm³/mol. The summed E-state index contributed by atoms with van der Waals surface area (Å²) in [6, 6.07) is 0.145. The molecule has 0 aliphatic carbocycles. The molecule has 0 fully saturated rings. The van der Waals surface area contributed by atoms with Gasteiger partial charge in [0.25, 0.3) is 0 Å². The van der Waals surface area contributed by atoms with Gasteiger partial charge in [0.05, 0.1) is 13.0 Å². The van der Waals surface area contributed by atoms with Gasteiger partial charge in [-0.15, -0.1) is 0 Å². The first-order valence-corrected chi connectivity index (χ1v) is 6.70. The van der Waals surface area contributed by atoms with Gasteiger partial charge in [-0.3, -0.25) is 9.59 Å². The summed E-state index contributed by atoms with van der Waals surface area (Å²) >= 11 is 0. The van der Waals surface area contributed by atoms with Gasteiger partial charge in [0.2, 0.25) is 5.91 Å². The lowest BCUT2D eigenvalue weighted by molar-refractivity contribution is -0.146. The summed E-state index contributed by atoms with van der Waals surface area (Å²) in [5, 5.41) is 0. The third-order valence-electron chi connectivity index (χ3n) is 2.89. The molecule has 0 spiro atoms. The van der Waals surface area contributed by atoms with Gasteiger partial charge in [-0.25, -0.2) is 0 Å². The van der Waals surface area contributed by atoms with Gasteiger partial charge in [0, 0.05) is 18.0 Å². The summed E-state index contributed by atoms with van der Waals surface area (Å²) in [6.45, 7) is 12.3. The highest BCUT2D eigenvalue weighted by Gasteiger charge is 2.29. The van der Waals surface area contributed by atoms with Crippen molar-refractivity contribution < 1.29 is 14.3 Å². The average molecular weight is 257 g/mol. The summed E-state index contributed by atoms with van der Waals surface area (Å²) in [4.78, 5) is 25.5. The molecule has 0 radical (unpaired) electrons. The second-order valence-corrected chi connectivity index (χ2v) is 5.56. The molecule has 0 rings (SSSR count). The fraction of sp³-hybridized carbons (Fsp3) is 0.857. The van der Waals surface area contributed by atoms with Crippen LogP contribution in [0.3, 0.4) is 0 Å². The van der Waals surface area contributed by atoms with Crippen molar-refractivity contribution in [3.05, 3.63) is 0 Å². The zero-order chi connectivity index (χ0) is 14.3. The molecule has 1 atom stereocenters. The van der Waals surface area contributed by atoms with Crippen molar-refractivity contribution in [1.29, 1.82) is 0 Å². The van der Waals surface area contributed by atoms with Crippen LogP contribution in [0.15, 0.2) is 0 Å². The van der Waals surface area contributed by atoms with Crippen molar-refractivity contribution in [1.82, 2.24) is 4.90 Å². The van der Waals surface area contributed by atoms with Gasteiger partial charge in [-0.1, -0.05) is 27.7 Å². The second-order valence-electron chi connectivity index (χ2n) is 5.56. The summed E-state index contributed by atoms with van der Waals surface area (Å²) in [5.74, 6) is -0.159. The first-order valence-electron chi connectivity index (χ1n) is 6.70. The highest BCUT2D eigenvalue weighted by atomic mass is 16.5. The molecule has 106 valence electrons. The first kappa shape index (κ1) is 16.9. The first-order chi connectivity index (χ1) is 8.23. The third kappa shape index (κ3) is 5.52. The molecule has 0 aromatic heterocycles. The van der Waals surface area contributed by atoms with Gasteiger partial charge in [0.15, 0.2) is 0 Å². The number of esters is 1. The molecule has 1 unspecified atom stereocenters. The molecule has 0 aliphatic rings. The Balaban J connectivity index is 4.61. The smallest absolute Gasteiger partial charge is 0.307 e. The van der Waals surface area contributed by atoms with Crippen LogP contribution in [-0.2, 0) is 14.3 Å². The van der Waals surface area contributed by atoms with Crippen molar-refractivity contribution in [2.75, 3.05) is 13.2 Å². The van der Waals surface area contributed by atoms with Crippen LogP contribution in [0, 0.1) is 5.41 Å². The normalized spacial score (nSPS) is 13.0. The Morgan fingerprint density at radius 2 is 1.78 bits per heavy atom. The maximum atomic E-state index is 12.3. The molecule has 0 saturated carbocycles. The number of carbonyl (C=O) groups is 2. The summed E-state index contributed by atoms with van der Waals surface area (Å²) in [7, 11) is 0. The number of hydrogen-bond donors (Lipinski definition) is 0. The Labute approximate surface area is 111 Å². The highest BCUT2D eigenvalue weighted by Crippen LogP contribution is 2.20. The van der Waals surface area contributed by atoms with Crippen LogP contribution >= 0.6 is 0 Å². The van der Waals surface area contributed by atoms with E-state index in [1.165, 1.54) is 0 Å². The fourth-order valence-corrected chi connectivity index (χ4v) is 1.62. The lowest BCUT2D eigenvalue weighted by atomic mass is 9.93. The van der Waals surface area contributed by atoms with E-state index in [-0.39, 0.29) is 24.3 Å². The Bertz CT molecular complexity index is 281. The SMILES string of the molecule is CCOC(=O)CCN(C(=O)C(C)(C)C)C(C)CC. The molecule has 4 nitrogen and oxygen atoms in total. The van der Waals surface area contributed by atoms with Crippen molar-refractivity contribution >= 4 is 11.9 Å². The molecule has 1 amide bonds. The van der Waals surface area contributed by atoms with Crippen LogP contribution in [0.25, 0.3) is 0 Å². The van der Waals surface area contributed by atoms with E-state index >= 15 is 0 Å². The molecule has 0 aliphatic heterocycles. The predicted octanol–water partition coefficient (Wildman–Crippen LogP) is 2.61. The molecule has 0 saturated heterocycles. The van der Waals surface area contributed by atoms with E-state index in [1.54, 1.807) is 11.8 Å². The minimum Gasteiger partial charge on any atom is -0.466 e. The number of amides is 1. The number of rotatable bonds is 6. The molecule has 0 bridgehead atoms. The van der Waals surface area contributed by atoms with Crippen molar-refractivity contribution in [2.24, 2.45) is 5.41 Å². The maximum absolute atomic E-state index is 12.3. The van der Waals surface area contributed by atoms with Crippen LogP contribution in [-0.4, -0.2) is 36.0 Å². The minimum atomic E-state index is -0.419. The number of hydrogen-bond acceptors (Lipinski definition) is 3. The Morgan fingerprint density at radius 3 is 2.17 bits per heavy atom. The summed E-state index contributed by atoms with van der Waals surface area (Å²) in [6.07, 6.45) is 1.14. The zero-order valence-corrected chi connectivity index (χ0v) is 12.6. The molecule has 18 heavy (non-hydrogen) atoms. The highest BCUT2D eigenvalue weighted by molar-refractivity contribution is 5.82. The van der Waals surface area contributed by atoms with Crippen LogP contribution < -0.4 is 0 Å². The van der Waals surface area contributed by atoms with Crippen LogP contribution in [0.4, 0.5) is 0 Å². The van der Waals surface area contributed by atoms with E-state index in [9.17, 15) is 9.59 Å². The lowest BCUT2D eigenvalue weighted by Gasteiger charge is -2.33. The van der Waals surface area contributed by atoms with Gasteiger partial charge < -0.3 is 9.64 Å². The Hall–Kier alpha value is -1.06. The molecule has 0 heterocycles. The molecule has 0 aromatic carbocycles. The molecule has 0 aromatic rings. The van der Waals surface area contributed by atoms with Crippen molar-refractivity contribution in [3.8, 4) is 0 Å². The molecular weight excluding hydrogens is 230 g/mol. The topological polar surface area (TPSA) is 46.6 Å². The van der Waals surface area contributed by atoms with Gasteiger partial charge >= 0.3 is 5.97 Å². The van der Waals surface area contributed by atoms with Gasteiger partial charge in [0.1, 0.15) is 0 Å². The lowest BCUT2D eigenvalue weighted by Crippen LogP contribution is -2.45. The summed E-state index contributed by atoms with van der Waals surface area (Å²) < 4.78 is 4.89. The second kappa shape index (κ2) is 7.39. The number of ether oxygens (including phenoxy) is 1. The van der Waals surface area contributed by atoms with E-state index in [0.717, 1.165) is 6.42 Å². The van der Waals surface area contributed by atoms with E-state index in [4.69, 9.17) is 4.74 Å². The minimum absolute atomic E-state index is 0.0844. The largest absolute Gasteiger partial charge is 0.466 e. The average Bonchev–Trinajstić information content (AvgIpc) is 2.27. The molecular formula is C14H27NO3. The summed E-state index contributed by atoms with van der Waals surface area (Å²) in [5.41, 5.74) is -0.419. The van der Waals surface area contributed by atoms with Crippen molar-refractivity contribution in [2.45, 2.75) is 60.4 Å². The monoisotopic (exact) mass is 257 g/mol. The number of nitrogens with zero attached hydrogens (tertiary/aromatic N) is 1. The van der Waals surface area contributed by atoms with E-state index in [0.29, 0.717) is 13.2 Å². The van der Waals surface area contributed by atoms with E-state index in [1.807, 2.05) is 34.6 Å². The Morgan fingerprint density at radius 1 is 1.22 bits per heavy atom. The van der Waals surface area contributed by atoms with Crippen LogP contribution in [0.2, 0.25) is 0 Å². The van der Waals surface area contributed by atoms with Crippen molar-refractivity contribution in [3.63, 3.8) is 0 Å². The standard InChI is InChI=1S/C14H27NO3/c1-7-11(3)15(13(17)14(4,5)6)10-9-12(16)18-8-2/h11H,7-10H2,1-6H3. The third-order valence-corrected chi connectivity index (χ3v) is 2.89. The molecule has 0 N–H and O–H groups in total. The van der Waals surface area contributed by atoms with E-state index in [2.05, 4.69) is 0 Å². The van der Waals surface area contributed by atoms with E-state index < -0.39 is 5.41 Å². The van der Waals surface area contributed by atoms with Crippen LogP contribution in [0.1, 0.15) is 54.4 Å². The van der Waals surface area contributed by atoms with Gasteiger partial charge in [-0.05, 0) is 20.3 Å². The maximum Gasteiger partial charge on any atom is 0.307 e. The van der Waals surface area contributed by atoms with Crippen LogP contribution in [0.5, 0.6) is 0 Å². The fourth-order valence-electron chi connectivity index (χ4n) is 1.62. The number of carbonyl (C=O) groups excluding carboxylic acids is 2.